The minimum absolute atomic E-state index is 0.521. The monoisotopic (exact) mass is 282 g/mol. The molecule has 2 aliphatic rings. The van der Waals surface area contributed by atoms with Gasteiger partial charge in [-0.3, -0.25) is 4.98 Å². The summed E-state index contributed by atoms with van der Waals surface area (Å²) in [4.78, 5) is 6.98. The first-order valence-corrected chi connectivity index (χ1v) is 7.88. The molecule has 2 aromatic rings. The maximum Gasteiger partial charge on any atom is 0.0929 e. The van der Waals surface area contributed by atoms with Gasteiger partial charge in [0.15, 0.2) is 0 Å². The molecule has 4 rings (SSSR count). The van der Waals surface area contributed by atoms with Gasteiger partial charge < -0.3 is 10.0 Å². The number of benzene rings is 1. The van der Waals surface area contributed by atoms with Crippen molar-refractivity contribution in [2.24, 2.45) is 0 Å². The Labute approximate surface area is 125 Å². The number of nitrogens with zero attached hydrogens (tertiary/aromatic N) is 2. The second kappa shape index (κ2) is 4.52. The average molecular weight is 282 g/mol. The fraction of sp³-hybridized carbons (Fsp3) is 0.500. The number of piperidine rings is 1. The van der Waals surface area contributed by atoms with Gasteiger partial charge in [0, 0.05) is 23.7 Å². The molecule has 3 nitrogen and oxygen atoms in total. The third-order valence-corrected chi connectivity index (χ3v) is 5.66. The van der Waals surface area contributed by atoms with Gasteiger partial charge in [-0.2, -0.15) is 0 Å². The van der Waals surface area contributed by atoms with Crippen LogP contribution in [0, 0.1) is 6.92 Å². The molecular weight excluding hydrogens is 260 g/mol. The van der Waals surface area contributed by atoms with Gasteiger partial charge in [0.05, 0.1) is 11.1 Å². The molecule has 1 aromatic heterocycles. The highest BCUT2D eigenvalue weighted by atomic mass is 16.3. The lowest BCUT2D eigenvalue weighted by Gasteiger charge is -2.43. The van der Waals surface area contributed by atoms with Crippen molar-refractivity contribution in [3.05, 3.63) is 41.6 Å². The van der Waals surface area contributed by atoms with E-state index in [4.69, 9.17) is 0 Å². The molecule has 3 heteroatoms. The molecule has 2 atom stereocenters. The summed E-state index contributed by atoms with van der Waals surface area (Å²) in [6, 6.07) is 9.31. The first-order chi connectivity index (χ1) is 10.1. The van der Waals surface area contributed by atoms with Gasteiger partial charge in [0.2, 0.25) is 0 Å². The Kier molecular flexibility index (Phi) is 2.85. The lowest BCUT2D eigenvalue weighted by atomic mass is 9.78. The normalized spacial score (nSPS) is 32.7. The first kappa shape index (κ1) is 13.2. The van der Waals surface area contributed by atoms with E-state index in [9.17, 15) is 5.11 Å². The minimum atomic E-state index is -0.686. The number of pyridine rings is 1. The smallest absolute Gasteiger partial charge is 0.0929 e. The van der Waals surface area contributed by atoms with Gasteiger partial charge in [-0.05, 0) is 56.8 Å². The Hall–Kier alpha value is -1.45. The highest BCUT2D eigenvalue weighted by molar-refractivity contribution is 5.82. The van der Waals surface area contributed by atoms with Crippen molar-refractivity contribution in [1.29, 1.82) is 0 Å². The van der Waals surface area contributed by atoms with Gasteiger partial charge >= 0.3 is 0 Å². The van der Waals surface area contributed by atoms with Gasteiger partial charge in [-0.1, -0.05) is 18.2 Å². The molecule has 110 valence electrons. The van der Waals surface area contributed by atoms with E-state index in [-0.39, 0.29) is 0 Å². The van der Waals surface area contributed by atoms with Crippen molar-refractivity contribution in [3.8, 4) is 0 Å². The summed E-state index contributed by atoms with van der Waals surface area (Å²) >= 11 is 0. The molecule has 0 saturated carbocycles. The number of hydrogen-bond donors (Lipinski definition) is 1. The number of fused-ring (bicyclic) bond motifs is 3. The van der Waals surface area contributed by atoms with Crippen molar-refractivity contribution in [2.75, 3.05) is 7.05 Å². The van der Waals surface area contributed by atoms with Gasteiger partial charge in [-0.25, -0.2) is 0 Å². The fourth-order valence-electron chi connectivity index (χ4n) is 4.46. The van der Waals surface area contributed by atoms with Gasteiger partial charge in [-0.15, -0.1) is 0 Å². The van der Waals surface area contributed by atoms with E-state index in [2.05, 4.69) is 42.1 Å². The van der Waals surface area contributed by atoms with Crippen molar-refractivity contribution < 1.29 is 5.11 Å². The molecule has 21 heavy (non-hydrogen) atoms. The van der Waals surface area contributed by atoms with E-state index < -0.39 is 5.60 Å². The number of aryl methyl sites for hydroxylation is 1. The number of aliphatic hydroxyl groups is 1. The van der Waals surface area contributed by atoms with Crippen molar-refractivity contribution >= 4 is 10.9 Å². The number of rotatable bonds is 1. The summed E-state index contributed by atoms with van der Waals surface area (Å²) in [7, 11) is 2.21. The Bertz CT molecular complexity index is 683. The van der Waals surface area contributed by atoms with Crippen LogP contribution in [-0.4, -0.2) is 34.1 Å². The zero-order valence-corrected chi connectivity index (χ0v) is 12.7. The summed E-state index contributed by atoms with van der Waals surface area (Å²) < 4.78 is 0. The van der Waals surface area contributed by atoms with Crippen LogP contribution in [0.2, 0.25) is 0 Å². The Balaban J connectivity index is 1.81. The van der Waals surface area contributed by atoms with Gasteiger partial charge in [0.25, 0.3) is 0 Å². The lowest BCUT2D eigenvalue weighted by Crippen LogP contribution is -2.47. The Morgan fingerprint density at radius 2 is 1.90 bits per heavy atom. The molecule has 2 unspecified atom stereocenters. The van der Waals surface area contributed by atoms with Crippen molar-refractivity contribution in [3.63, 3.8) is 0 Å². The van der Waals surface area contributed by atoms with Crippen LogP contribution in [0.5, 0.6) is 0 Å². The molecular formula is C18H22N2O. The van der Waals surface area contributed by atoms with Crippen LogP contribution < -0.4 is 0 Å². The largest absolute Gasteiger partial charge is 0.385 e. The maximum atomic E-state index is 11.3. The van der Waals surface area contributed by atoms with E-state index in [1.807, 2.05) is 12.3 Å². The van der Waals surface area contributed by atoms with E-state index >= 15 is 0 Å². The van der Waals surface area contributed by atoms with Crippen LogP contribution >= 0.6 is 0 Å². The molecule has 0 radical (unpaired) electrons. The first-order valence-electron chi connectivity index (χ1n) is 7.88. The van der Waals surface area contributed by atoms with Crippen LogP contribution in [0.15, 0.2) is 30.5 Å². The quantitative estimate of drug-likeness (QED) is 0.873. The molecule has 0 aliphatic carbocycles. The molecule has 1 N–H and O–H groups in total. The standard InChI is InChI=1S/C18H22N2O/c1-12-16(8-5-13-4-3-9-19-17(12)13)18(21)10-14-6-7-15(11-18)20(14)2/h3-5,8-9,14-15,21H,6-7,10-11H2,1-2H3. The Morgan fingerprint density at radius 3 is 2.62 bits per heavy atom. The lowest BCUT2D eigenvalue weighted by molar-refractivity contribution is -0.0496. The van der Waals surface area contributed by atoms with Crippen LogP contribution in [0.25, 0.3) is 10.9 Å². The topological polar surface area (TPSA) is 36.4 Å². The summed E-state index contributed by atoms with van der Waals surface area (Å²) in [6.45, 7) is 2.10. The predicted molar refractivity (Wildman–Crippen MR) is 84.2 cm³/mol. The second-order valence-electron chi connectivity index (χ2n) is 6.80. The summed E-state index contributed by atoms with van der Waals surface area (Å²) in [5, 5.41) is 12.5. The Morgan fingerprint density at radius 1 is 1.19 bits per heavy atom. The number of aromatic nitrogens is 1. The zero-order valence-electron chi connectivity index (χ0n) is 12.7. The predicted octanol–water partition coefficient (Wildman–Crippen LogP) is 2.99. The van der Waals surface area contributed by atoms with Crippen LogP contribution in [-0.2, 0) is 5.60 Å². The highest BCUT2D eigenvalue weighted by Crippen LogP contribution is 2.46. The molecule has 2 fully saturated rings. The average Bonchev–Trinajstić information content (AvgIpc) is 2.71. The molecule has 2 bridgehead atoms. The fourth-order valence-corrected chi connectivity index (χ4v) is 4.46. The van der Waals surface area contributed by atoms with Crippen LogP contribution in [0.1, 0.15) is 36.8 Å². The van der Waals surface area contributed by atoms with E-state index in [0.717, 1.165) is 34.9 Å². The molecule has 3 heterocycles. The summed E-state index contributed by atoms with van der Waals surface area (Å²) in [6.07, 6.45) is 5.96. The molecule has 1 aromatic carbocycles. The molecule has 2 aliphatic heterocycles. The van der Waals surface area contributed by atoms with Crippen molar-refractivity contribution in [1.82, 2.24) is 9.88 Å². The van der Waals surface area contributed by atoms with E-state index in [1.165, 1.54) is 12.8 Å². The summed E-state index contributed by atoms with van der Waals surface area (Å²) in [5.74, 6) is 0. The van der Waals surface area contributed by atoms with Crippen LogP contribution in [0.3, 0.4) is 0 Å². The molecule has 0 spiro atoms. The van der Waals surface area contributed by atoms with Gasteiger partial charge in [0.1, 0.15) is 0 Å². The van der Waals surface area contributed by atoms with Crippen molar-refractivity contribution in [2.45, 2.75) is 50.3 Å². The second-order valence-corrected chi connectivity index (χ2v) is 6.80. The molecule has 2 saturated heterocycles. The van der Waals surface area contributed by atoms with Crippen LogP contribution in [0.4, 0.5) is 0 Å². The van der Waals surface area contributed by atoms with E-state index in [0.29, 0.717) is 12.1 Å². The third-order valence-electron chi connectivity index (χ3n) is 5.66. The maximum absolute atomic E-state index is 11.3. The summed E-state index contributed by atoms with van der Waals surface area (Å²) in [5.41, 5.74) is 2.56. The van der Waals surface area contributed by atoms with E-state index in [1.54, 1.807) is 0 Å². The third kappa shape index (κ3) is 1.91. The SMILES string of the molecule is Cc1c(C2(O)CC3CCC(C2)N3C)ccc2cccnc12. The molecule has 0 amide bonds. The zero-order chi connectivity index (χ0) is 14.6. The number of hydrogen-bond acceptors (Lipinski definition) is 3. The minimum Gasteiger partial charge on any atom is -0.385 e. The highest BCUT2D eigenvalue weighted by Gasteiger charge is 2.47.